The van der Waals surface area contributed by atoms with Crippen LogP contribution in [0.4, 0.5) is 0 Å². The highest BCUT2D eigenvalue weighted by Crippen LogP contribution is 2.06. The van der Waals surface area contributed by atoms with Crippen LogP contribution >= 0.6 is 22.6 Å². The van der Waals surface area contributed by atoms with Crippen LogP contribution in [0.1, 0.15) is 24.2 Å². The van der Waals surface area contributed by atoms with Gasteiger partial charge in [0.1, 0.15) is 12.1 Å². The zero-order chi connectivity index (χ0) is 15.3. The summed E-state index contributed by atoms with van der Waals surface area (Å²) in [4.78, 5) is 34.2. The molecule has 6 nitrogen and oxygen atoms in total. The van der Waals surface area contributed by atoms with Gasteiger partial charge in [-0.05, 0) is 60.7 Å². The third-order valence-electron chi connectivity index (χ3n) is 2.58. The van der Waals surface area contributed by atoms with E-state index in [1.54, 1.807) is 24.3 Å². The van der Waals surface area contributed by atoms with Crippen molar-refractivity contribution in [2.75, 3.05) is 0 Å². The van der Waals surface area contributed by atoms with E-state index < -0.39 is 24.0 Å². The lowest BCUT2D eigenvalue weighted by Gasteiger charge is -2.16. The number of hydrogen-bond donors (Lipinski definition) is 3. The molecule has 0 bridgehead atoms. The molecule has 0 saturated carbocycles. The first kappa shape index (κ1) is 16.4. The molecule has 0 radical (unpaired) electrons. The molecule has 0 fully saturated rings. The van der Waals surface area contributed by atoms with Crippen LogP contribution in [-0.4, -0.2) is 35.0 Å². The standard InChI is InChI=1S/C13H15IN2O4/c1-7(11(17)16-8(2)13(19)20)15-12(18)9-3-5-10(14)6-4-9/h3-8H,1-2H3,(H,15,18)(H,16,17)(H,19,20)/t7-,8-/m0/s1. The third kappa shape index (κ3) is 4.80. The summed E-state index contributed by atoms with van der Waals surface area (Å²) in [6.07, 6.45) is 0. The summed E-state index contributed by atoms with van der Waals surface area (Å²) < 4.78 is 1.00. The summed E-state index contributed by atoms with van der Waals surface area (Å²) in [5.74, 6) is -2.06. The molecular formula is C13H15IN2O4. The van der Waals surface area contributed by atoms with Gasteiger partial charge in [-0.25, -0.2) is 0 Å². The Kier molecular flexibility index (Phi) is 5.93. The second-order valence-corrected chi connectivity index (χ2v) is 5.52. The molecule has 0 aliphatic heterocycles. The van der Waals surface area contributed by atoms with Crippen molar-refractivity contribution in [3.63, 3.8) is 0 Å². The molecule has 0 aromatic heterocycles. The number of aliphatic carboxylic acids is 1. The third-order valence-corrected chi connectivity index (χ3v) is 3.30. The number of benzene rings is 1. The Hall–Kier alpha value is -1.64. The molecule has 1 rings (SSSR count). The van der Waals surface area contributed by atoms with Gasteiger partial charge in [0.15, 0.2) is 0 Å². The van der Waals surface area contributed by atoms with Crippen molar-refractivity contribution in [2.45, 2.75) is 25.9 Å². The predicted molar refractivity (Wildman–Crippen MR) is 81.3 cm³/mol. The van der Waals surface area contributed by atoms with E-state index in [1.165, 1.54) is 13.8 Å². The minimum atomic E-state index is -1.13. The smallest absolute Gasteiger partial charge is 0.325 e. The van der Waals surface area contributed by atoms with Gasteiger partial charge in [-0.15, -0.1) is 0 Å². The van der Waals surface area contributed by atoms with E-state index in [2.05, 4.69) is 33.2 Å². The highest BCUT2D eigenvalue weighted by Gasteiger charge is 2.20. The van der Waals surface area contributed by atoms with Gasteiger partial charge in [-0.3, -0.25) is 14.4 Å². The minimum Gasteiger partial charge on any atom is -0.480 e. The van der Waals surface area contributed by atoms with E-state index in [-0.39, 0.29) is 5.91 Å². The zero-order valence-electron chi connectivity index (χ0n) is 11.0. The summed E-state index contributed by atoms with van der Waals surface area (Å²) in [5.41, 5.74) is 0.441. The first-order chi connectivity index (χ1) is 9.31. The van der Waals surface area contributed by atoms with E-state index >= 15 is 0 Å². The summed E-state index contributed by atoms with van der Waals surface area (Å²) in [6.45, 7) is 2.85. The molecule has 0 unspecified atom stereocenters. The SMILES string of the molecule is C[C@H](NC(=O)[C@H](C)NC(=O)c1ccc(I)cc1)C(=O)O. The van der Waals surface area contributed by atoms with Crippen molar-refractivity contribution >= 4 is 40.4 Å². The Labute approximate surface area is 130 Å². The monoisotopic (exact) mass is 390 g/mol. The fourth-order valence-electron chi connectivity index (χ4n) is 1.35. The predicted octanol–water partition coefficient (Wildman–Crippen LogP) is 0.999. The van der Waals surface area contributed by atoms with Gasteiger partial charge in [0.25, 0.3) is 5.91 Å². The summed E-state index contributed by atoms with van der Waals surface area (Å²) in [6, 6.07) is 5.06. The lowest BCUT2D eigenvalue weighted by atomic mass is 10.2. The van der Waals surface area contributed by atoms with Crippen LogP contribution in [0.3, 0.4) is 0 Å². The van der Waals surface area contributed by atoms with Gasteiger partial charge in [-0.2, -0.15) is 0 Å². The van der Waals surface area contributed by atoms with Crippen molar-refractivity contribution in [1.82, 2.24) is 10.6 Å². The molecule has 0 aliphatic carbocycles. The number of carboxylic acids is 1. The molecule has 2 amide bonds. The van der Waals surface area contributed by atoms with Crippen LogP contribution in [-0.2, 0) is 9.59 Å². The van der Waals surface area contributed by atoms with Gasteiger partial charge >= 0.3 is 5.97 Å². The lowest BCUT2D eigenvalue weighted by Crippen LogP contribution is -2.49. The normalized spacial score (nSPS) is 13.2. The molecular weight excluding hydrogens is 375 g/mol. The Morgan fingerprint density at radius 3 is 2.10 bits per heavy atom. The van der Waals surface area contributed by atoms with Crippen molar-refractivity contribution < 1.29 is 19.5 Å². The molecule has 1 aromatic carbocycles. The zero-order valence-corrected chi connectivity index (χ0v) is 13.2. The molecule has 2 atom stereocenters. The van der Waals surface area contributed by atoms with E-state index in [0.29, 0.717) is 5.56 Å². The topological polar surface area (TPSA) is 95.5 Å². The van der Waals surface area contributed by atoms with Crippen LogP contribution in [0.15, 0.2) is 24.3 Å². The number of nitrogens with one attached hydrogen (secondary N) is 2. The Balaban J connectivity index is 2.59. The second kappa shape index (κ2) is 7.22. The van der Waals surface area contributed by atoms with Crippen molar-refractivity contribution in [3.8, 4) is 0 Å². The fraction of sp³-hybridized carbons (Fsp3) is 0.308. The Bertz CT molecular complexity index is 516. The van der Waals surface area contributed by atoms with Crippen LogP contribution in [0, 0.1) is 3.57 Å². The van der Waals surface area contributed by atoms with E-state index in [4.69, 9.17) is 5.11 Å². The number of carbonyl (C=O) groups excluding carboxylic acids is 2. The lowest BCUT2D eigenvalue weighted by molar-refractivity contribution is -0.141. The van der Waals surface area contributed by atoms with Crippen LogP contribution in [0.25, 0.3) is 0 Å². The highest BCUT2D eigenvalue weighted by molar-refractivity contribution is 14.1. The minimum absolute atomic E-state index is 0.382. The van der Waals surface area contributed by atoms with E-state index in [9.17, 15) is 14.4 Å². The van der Waals surface area contributed by atoms with Gasteiger partial charge < -0.3 is 15.7 Å². The first-order valence-electron chi connectivity index (χ1n) is 5.91. The Morgan fingerprint density at radius 2 is 1.60 bits per heavy atom. The molecule has 0 saturated heterocycles. The average molecular weight is 390 g/mol. The largest absolute Gasteiger partial charge is 0.480 e. The maximum absolute atomic E-state index is 11.9. The summed E-state index contributed by atoms with van der Waals surface area (Å²) in [7, 11) is 0. The fourth-order valence-corrected chi connectivity index (χ4v) is 1.71. The van der Waals surface area contributed by atoms with Crippen LogP contribution in [0.2, 0.25) is 0 Å². The highest BCUT2D eigenvalue weighted by atomic mass is 127. The number of carboxylic acid groups (broad SMARTS) is 1. The molecule has 7 heteroatoms. The molecule has 0 heterocycles. The number of amides is 2. The summed E-state index contributed by atoms with van der Waals surface area (Å²) >= 11 is 2.12. The quantitative estimate of drug-likeness (QED) is 0.654. The molecule has 0 spiro atoms. The maximum Gasteiger partial charge on any atom is 0.325 e. The van der Waals surface area contributed by atoms with Crippen molar-refractivity contribution in [3.05, 3.63) is 33.4 Å². The van der Waals surface area contributed by atoms with Gasteiger partial charge in [0.05, 0.1) is 0 Å². The van der Waals surface area contributed by atoms with E-state index in [0.717, 1.165) is 3.57 Å². The number of hydrogen-bond acceptors (Lipinski definition) is 3. The molecule has 108 valence electrons. The first-order valence-corrected chi connectivity index (χ1v) is 6.98. The number of halogens is 1. The molecule has 0 aliphatic rings. The van der Waals surface area contributed by atoms with E-state index in [1.807, 2.05) is 0 Å². The van der Waals surface area contributed by atoms with Crippen LogP contribution < -0.4 is 10.6 Å². The van der Waals surface area contributed by atoms with Crippen molar-refractivity contribution in [1.29, 1.82) is 0 Å². The maximum atomic E-state index is 11.9. The summed E-state index contributed by atoms with van der Waals surface area (Å²) in [5, 5.41) is 13.5. The van der Waals surface area contributed by atoms with Crippen molar-refractivity contribution in [2.24, 2.45) is 0 Å². The average Bonchev–Trinajstić information content (AvgIpc) is 2.38. The molecule has 1 aromatic rings. The Morgan fingerprint density at radius 1 is 1.05 bits per heavy atom. The van der Waals surface area contributed by atoms with Gasteiger partial charge in [-0.1, -0.05) is 0 Å². The number of carbonyl (C=O) groups is 3. The van der Waals surface area contributed by atoms with Gasteiger partial charge in [0.2, 0.25) is 5.91 Å². The number of rotatable bonds is 5. The molecule has 3 N–H and O–H groups in total. The van der Waals surface area contributed by atoms with Gasteiger partial charge in [0, 0.05) is 9.13 Å². The second-order valence-electron chi connectivity index (χ2n) is 4.27. The molecule has 20 heavy (non-hydrogen) atoms. The van der Waals surface area contributed by atoms with Crippen LogP contribution in [0.5, 0.6) is 0 Å².